The van der Waals surface area contributed by atoms with Gasteiger partial charge in [-0.3, -0.25) is 4.79 Å². The Labute approximate surface area is 117 Å². The van der Waals surface area contributed by atoms with E-state index in [1.807, 2.05) is 30.4 Å². The highest BCUT2D eigenvalue weighted by molar-refractivity contribution is 6.10. The summed E-state index contributed by atoms with van der Waals surface area (Å²) in [5.74, 6) is -0.314. The van der Waals surface area contributed by atoms with Crippen molar-refractivity contribution in [3.8, 4) is 0 Å². The van der Waals surface area contributed by atoms with Crippen molar-refractivity contribution in [3.05, 3.63) is 66.2 Å². The van der Waals surface area contributed by atoms with Crippen LogP contribution in [0.25, 0.3) is 27.6 Å². The van der Waals surface area contributed by atoms with Gasteiger partial charge in [0.2, 0.25) is 5.91 Å². The van der Waals surface area contributed by atoms with Crippen molar-refractivity contribution in [1.29, 1.82) is 0 Å². The normalized spacial score (nSPS) is 11.4. The van der Waals surface area contributed by atoms with Gasteiger partial charge < -0.3 is 5.73 Å². The highest BCUT2D eigenvalue weighted by Crippen LogP contribution is 2.29. The van der Waals surface area contributed by atoms with E-state index in [2.05, 4.69) is 36.4 Å². The fourth-order valence-electron chi connectivity index (χ4n) is 2.52. The van der Waals surface area contributed by atoms with Crippen molar-refractivity contribution in [1.82, 2.24) is 0 Å². The van der Waals surface area contributed by atoms with E-state index in [0.29, 0.717) is 0 Å². The van der Waals surface area contributed by atoms with Crippen LogP contribution < -0.4 is 5.73 Å². The average molecular weight is 261 g/mol. The molecule has 0 heterocycles. The molecule has 0 spiro atoms. The lowest BCUT2D eigenvalue weighted by molar-refractivity contribution is -0.117. The zero-order chi connectivity index (χ0) is 13.9. The van der Waals surface area contributed by atoms with Gasteiger partial charge >= 0.3 is 0 Å². The summed E-state index contributed by atoms with van der Waals surface area (Å²) < 4.78 is 0. The number of fused-ring (bicyclic) bond motifs is 3. The van der Waals surface area contributed by atoms with Gasteiger partial charge in [-0.25, -0.2) is 0 Å². The molecule has 3 rings (SSSR count). The van der Waals surface area contributed by atoms with E-state index < -0.39 is 0 Å². The Morgan fingerprint density at radius 1 is 0.950 bits per heavy atom. The molecule has 0 bridgehead atoms. The second-order valence-electron chi connectivity index (χ2n) is 4.81. The fraction of sp³-hybridized carbons (Fsp3) is 0.0556. The number of hydrogen-bond acceptors (Lipinski definition) is 1. The third kappa shape index (κ3) is 2.28. The zero-order valence-corrected chi connectivity index (χ0v) is 11.0. The lowest BCUT2D eigenvalue weighted by atomic mass is 9.97. The van der Waals surface area contributed by atoms with Gasteiger partial charge in [0.25, 0.3) is 0 Å². The first-order valence-electron chi connectivity index (χ1n) is 6.61. The average Bonchev–Trinajstić information content (AvgIpc) is 2.47. The van der Waals surface area contributed by atoms with E-state index in [4.69, 9.17) is 5.73 Å². The Kier molecular flexibility index (Phi) is 3.21. The molecule has 3 aromatic carbocycles. The van der Waals surface area contributed by atoms with Gasteiger partial charge in [0.15, 0.2) is 0 Å². The monoisotopic (exact) mass is 261 g/mol. The summed E-state index contributed by atoms with van der Waals surface area (Å²) in [6.45, 7) is 0. The van der Waals surface area contributed by atoms with E-state index in [1.54, 1.807) is 0 Å². The molecule has 0 fully saturated rings. The predicted octanol–water partition coefficient (Wildman–Crippen LogP) is 3.88. The van der Waals surface area contributed by atoms with Gasteiger partial charge in [0, 0.05) is 6.42 Å². The summed E-state index contributed by atoms with van der Waals surface area (Å²) in [4.78, 5) is 10.8. The third-order valence-corrected chi connectivity index (χ3v) is 3.42. The molecule has 0 aliphatic rings. The molecule has 1 amide bonds. The van der Waals surface area contributed by atoms with Gasteiger partial charge in [-0.2, -0.15) is 0 Å². The van der Waals surface area contributed by atoms with Crippen molar-refractivity contribution in [2.24, 2.45) is 5.73 Å². The van der Waals surface area contributed by atoms with Gasteiger partial charge in [0.05, 0.1) is 0 Å². The zero-order valence-electron chi connectivity index (χ0n) is 11.0. The van der Waals surface area contributed by atoms with Crippen molar-refractivity contribution >= 4 is 33.5 Å². The number of rotatable bonds is 3. The van der Waals surface area contributed by atoms with Gasteiger partial charge in [0.1, 0.15) is 0 Å². The minimum absolute atomic E-state index is 0.265. The van der Waals surface area contributed by atoms with E-state index in [1.165, 1.54) is 21.5 Å². The molecule has 2 N–H and O–H groups in total. The second kappa shape index (κ2) is 5.17. The molecule has 20 heavy (non-hydrogen) atoms. The van der Waals surface area contributed by atoms with Crippen molar-refractivity contribution in [2.75, 3.05) is 0 Å². The van der Waals surface area contributed by atoms with Crippen molar-refractivity contribution in [3.63, 3.8) is 0 Å². The molecule has 0 saturated carbocycles. The van der Waals surface area contributed by atoms with Crippen LogP contribution in [-0.4, -0.2) is 5.91 Å². The third-order valence-electron chi connectivity index (χ3n) is 3.42. The van der Waals surface area contributed by atoms with Crippen LogP contribution in [0.5, 0.6) is 0 Å². The summed E-state index contributed by atoms with van der Waals surface area (Å²) in [5.41, 5.74) is 6.28. The van der Waals surface area contributed by atoms with Crippen LogP contribution in [0.1, 0.15) is 12.0 Å². The Hall–Kier alpha value is -2.61. The number of hydrogen-bond donors (Lipinski definition) is 1. The molecule has 0 aliphatic carbocycles. The van der Waals surface area contributed by atoms with Crippen LogP contribution in [0.4, 0.5) is 0 Å². The molecule has 2 nitrogen and oxygen atoms in total. The molecule has 2 heteroatoms. The first kappa shape index (κ1) is 12.4. The quantitative estimate of drug-likeness (QED) is 0.714. The Balaban J connectivity index is 2.24. The molecule has 0 radical (unpaired) electrons. The lowest BCUT2D eigenvalue weighted by Crippen LogP contribution is -2.07. The maximum absolute atomic E-state index is 10.8. The maximum Gasteiger partial charge on any atom is 0.221 e. The summed E-state index contributed by atoms with van der Waals surface area (Å²) >= 11 is 0. The Morgan fingerprint density at radius 3 is 2.35 bits per heavy atom. The fourth-order valence-corrected chi connectivity index (χ4v) is 2.52. The van der Waals surface area contributed by atoms with Gasteiger partial charge in [-0.15, -0.1) is 0 Å². The molecule has 0 atom stereocenters. The summed E-state index contributed by atoms with van der Waals surface area (Å²) in [6, 6.07) is 18.8. The topological polar surface area (TPSA) is 43.1 Å². The molecule has 98 valence electrons. The molecule has 0 aromatic heterocycles. The largest absolute Gasteiger partial charge is 0.369 e. The number of primary amides is 1. The highest BCUT2D eigenvalue weighted by Gasteiger charge is 2.03. The smallest absolute Gasteiger partial charge is 0.221 e. The number of amides is 1. The maximum atomic E-state index is 10.8. The SMILES string of the molecule is NC(=O)CC=Cc1cc2ccccc2c2ccccc12. The molecular formula is C18H15NO. The van der Waals surface area contributed by atoms with E-state index in [9.17, 15) is 4.79 Å². The molecule has 0 aliphatic heterocycles. The summed E-state index contributed by atoms with van der Waals surface area (Å²) in [5, 5.41) is 4.86. The van der Waals surface area contributed by atoms with Gasteiger partial charge in [-0.1, -0.05) is 60.7 Å². The first-order valence-corrected chi connectivity index (χ1v) is 6.61. The first-order chi connectivity index (χ1) is 9.75. The van der Waals surface area contributed by atoms with Gasteiger partial charge in [-0.05, 0) is 33.2 Å². The second-order valence-corrected chi connectivity index (χ2v) is 4.81. The number of carbonyl (C=O) groups is 1. The lowest BCUT2D eigenvalue weighted by Gasteiger charge is -2.07. The van der Waals surface area contributed by atoms with E-state index in [0.717, 1.165) is 5.56 Å². The van der Waals surface area contributed by atoms with Crippen molar-refractivity contribution < 1.29 is 4.79 Å². The predicted molar refractivity (Wildman–Crippen MR) is 84.3 cm³/mol. The number of benzene rings is 3. The minimum atomic E-state index is -0.314. The summed E-state index contributed by atoms with van der Waals surface area (Å²) in [7, 11) is 0. The van der Waals surface area contributed by atoms with Crippen LogP contribution in [0.2, 0.25) is 0 Å². The van der Waals surface area contributed by atoms with E-state index in [-0.39, 0.29) is 12.3 Å². The molecule has 0 unspecified atom stereocenters. The molecule has 3 aromatic rings. The van der Waals surface area contributed by atoms with Crippen LogP contribution in [0, 0.1) is 0 Å². The van der Waals surface area contributed by atoms with Crippen LogP contribution in [0.3, 0.4) is 0 Å². The Morgan fingerprint density at radius 2 is 1.60 bits per heavy atom. The van der Waals surface area contributed by atoms with Crippen LogP contribution in [-0.2, 0) is 4.79 Å². The van der Waals surface area contributed by atoms with E-state index >= 15 is 0 Å². The standard InChI is InChI=1S/C18H15NO/c19-18(20)11-5-7-14-12-13-6-1-2-8-15(13)17-10-4-3-9-16(14)17/h1-10,12H,11H2,(H2,19,20). The molecule has 0 saturated heterocycles. The van der Waals surface area contributed by atoms with Crippen LogP contribution in [0.15, 0.2) is 60.7 Å². The summed E-state index contributed by atoms with van der Waals surface area (Å²) in [6.07, 6.45) is 4.06. The highest BCUT2D eigenvalue weighted by atomic mass is 16.1. The minimum Gasteiger partial charge on any atom is -0.369 e. The Bertz CT molecular complexity index is 818. The molecular weight excluding hydrogens is 246 g/mol. The van der Waals surface area contributed by atoms with Crippen LogP contribution >= 0.6 is 0 Å². The van der Waals surface area contributed by atoms with Crippen molar-refractivity contribution in [2.45, 2.75) is 6.42 Å². The number of nitrogens with two attached hydrogens (primary N) is 1. The number of carbonyl (C=O) groups excluding carboxylic acids is 1.